The standard InChI is InChI=1S/C17H25N3O3/c1-12(20-9-3-4-14(11-20)16(18)21)17(22)19-10-13-5-7-15(23-2)8-6-13/h5-8,12,14H,3-4,9-11H2,1-2H3,(H2,18,21)(H,19,22)/p+1/t12-,14+/m1/s1. The van der Waals surface area contributed by atoms with Gasteiger partial charge in [-0.15, -0.1) is 0 Å². The minimum atomic E-state index is -0.256. The maximum atomic E-state index is 12.3. The Hall–Kier alpha value is -2.08. The van der Waals surface area contributed by atoms with Crippen LogP contribution in [-0.2, 0) is 16.1 Å². The number of methoxy groups -OCH3 is 1. The molecule has 0 radical (unpaired) electrons. The minimum Gasteiger partial charge on any atom is -0.497 e. The summed E-state index contributed by atoms with van der Waals surface area (Å²) in [6, 6.07) is 7.42. The lowest BCUT2D eigenvalue weighted by molar-refractivity contribution is -0.921. The van der Waals surface area contributed by atoms with E-state index in [4.69, 9.17) is 10.5 Å². The highest BCUT2D eigenvalue weighted by Gasteiger charge is 2.33. The van der Waals surface area contributed by atoms with Crippen LogP contribution in [0, 0.1) is 5.92 Å². The monoisotopic (exact) mass is 320 g/mol. The fraction of sp³-hybridized carbons (Fsp3) is 0.529. The summed E-state index contributed by atoms with van der Waals surface area (Å²) < 4.78 is 5.11. The predicted octanol–water partition coefficient (Wildman–Crippen LogP) is -0.520. The summed E-state index contributed by atoms with van der Waals surface area (Å²) in [7, 11) is 1.62. The van der Waals surface area contributed by atoms with E-state index in [1.165, 1.54) is 0 Å². The predicted molar refractivity (Wildman–Crippen MR) is 86.9 cm³/mol. The van der Waals surface area contributed by atoms with Gasteiger partial charge in [0.25, 0.3) is 5.91 Å². The highest BCUT2D eigenvalue weighted by molar-refractivity contribution is 5.80. The Morgan fingerprint density at radius 1 is 1.39 bits per heavy atom. The van der Waals surface area contributed by atoms with E-state index in [1.54, 1.807) is 7.11 Å². The number of primary amides is 1. The third-order valence-corrected chi connectivity index (χ3v) is 4.59. The number of nitrogens with one attached hydrogen (secondary N) is 2. The molecule has 1 saturated heterocycles. The fourth-order valence-corrected chi connectivity index (χ4v) is 3.00. The highest BCUT2D eigenvalue weighted by atomic mass is 16.5. The van der Waals surface area contributed by atoms with Crippen LogP contribution >= 0.6 is 0 Å². The van der Waals surface area contributed by atoms with E-state index in [9.17, 15) is 9.59 Å². The van der Waals surface area contributed by atoms with Crippen molar-refractivity contribution in [1.29, 1.82) is 0 Å². The van der Waals surface area contributed by atoms with Gasteiger partial charge in [-0.3, -0.25) is 9.59 Å². The number of benzene rings is 1. The van der Waals surface area contributed by atoms with E-state index in [0.717, 1.165) is 35.6 Å². The summed E-state index contributed by atoms with van der Waals surface area (Å²) in [5, 5.41) is 2.96. The molecule has 3 atom stereocenters. The van der Waals surface area contributed by atoms with Crippen LogP contribution in [0.15, 0.2) is 24.3 Å². The number of piperidine rings is 1. The Kier molecular flexibility index (Phi) is 5.98. The van der Waals surface area contributed by atoms with Crippen LogP contribution in [0.1, 0.15) is 25.3 Å². The zero-order valence-corrected chi connectivity index (χ0v) is 13.8. The Morgan fingerprint density at radius 2 is 2.09 bits per heavy atom. The molecule has 1 aliphatic rings. The Labute approximate surface area is 137 Å². The van der Waals surface area contributed by atoms with Crippen LogP contribution in [0.4, 0.5) is 0 Å². The second-order valence-electron chi connectivity index (χ2n) is 6.14. The van der Waals surface area contributed by atoms with E-state index in [0.29, 0.717) is 13.1 Å². The molecule has 2 amide bonds. The molecule has 1 aliphatic heterocycles. The molecule has 1 unspecified atom stereocenters. The van der Waals surface area contributed by atoms with Gasteiger partial charge in [0.2, 0.25) is 5.91 Å². The first kappa shape index (κ1) is 17.3. The second-order valence-corrected chi connectivity index (χ2v) is 6.14. The minimum absolute atomic E-state index is 0.000869. The molecule has 2 rings (SSSR count). The molecule has 1 fully saturated rings. The molecule has 23 heavy (non-hydrogen) atoms. The number of hydrogen-bond donors (Lipinski definition) is 3. The molecular formula is C17H26N3O3+. The number of quaternary nitrogens is 1. The average Bonchev–Trinajstić information content (AvgIpc) is 2.59. The van der Waals surface area contributed by atoms with Crippen LogP contribution in [0.25, 0.3) is 0 Å². The normalized spacial score (nSPS) is 22.2. The van der Waals surface area contributed by atoms with Crippen molar-refractivity contribution in [2.24, 2.45) is 11.7 Å². The quantitative estimate of drug-likeness (QED) is 0.659. The van der Waals surface area contributed by atoms with E-state index < -0.39 is 0 Å². The van der Waals surface area contributed by atoms with Crippen molar-refractivity contribution in [2.45, 2.75) is 32.4 Å². The van der Waals surface area contributed by atoms with Crippen molar-refractivity contribution in [3.8, 4) is 5.75 Å². The third-order valence-electron chi connectivity index (χ3n) is 4.59. The lowest BCUT2D eigenvalue weighted by atomic mass is 9.96. The molecule has 0 spiro atoms. The molecule has 0 aromatic heterocycles. The SMILES string of the molecule is COc1ccc(CNC(=O)[C@@H](C)[NH+]2CCC[C@H](C(N)=O)C2)cc1. The van der Waals surface area contributed by atoms with Gasteiger partial charge < -0.3 is 20.7 Å². The number of carbonyl (C=O) groups is 2. The molecule has 1 aromatic rings. The number of rotatable bonds is 6. The van der Waals surface area contributed by atoms with E-state index >= 15 is 0 Å². The van der Waals surface area contributed by atoms with Crippen LogP contribution in [0.3, 0.4) is 0 Å². The van der Waals surface area contributed by atoms with Crippen molar-refractivity contribution in [3.05, 3.63) is 29.8 Å². The van der Waals surface area contributed by atoms with Gasteiger partial charge in [0.15, 0.2) is 6.04 Å². The van der Waals surface area contributed by atoms with Crippen LogP contribution < -0.4 is 20.7 Å². The van der Waals surface area contributed by atoms with E-state index in [-0.39, 0.29) is 23.8 Å². The first-order chi connectivity index (χ1) is 11.0. The second kappa shape index (κ2) is 7.97. The zero-order valence-electron chi connectivity index (χ0n) is 13.8. The zero-order chi connectivity index (χ0) is 16.8. The molecule has 126 valence electrons. The first-order valence-electron chi connectivity index (χ1n) is 8.05. The number of amides is 2. The van der Waals surface area contributed by atoms with Crippen molar-refractivity contribution >= 4 is 11.8 Å². The molecular weight excluding hydrogens is 294 g/mol. The van der Waals surface area contributed by atoms with Gasteiger partial charge in [0.1, 0.15) is 5.75 Å². The summed E-state index contributed by atoms with van der Waals surface area (Å²) in [5.41, 5.74) is 6.42. The Morgan fingerprint density at radius 3 is 2.70 bits per heavy atom. The number of likely N-dealkylation sites (tertiary alicyclic amines) is 1. The summed E-state index contributed by atoms with van der Waals surface area (Å²) in [6.07, 6.45) is 1.76. The van der Waals surface area contributed by atoms with Crippen molar-refractivity contribution in [3.63, 3.8) is 0 Å². The van der Waals surface area contributed by atoms with Crippen LogP contribution in [0.2, 0.25) is 0 Å². The molecule has 1 aromatic carbocycles. The van der Waals surface area contributed by atoms with Crippen LogP contribution in [0.5, 0.6) is 5.75 Å². The summed E-state index contributed by atoms with van der Waals surface area (Å²) in [5.74, 6) is 0.424. The average molecular weight is 320 g/mol. The van der Waals surface area contributed by atoms with Crippen molar-refractivity contribution < 1.29 is 19.2 Å². The molecule has 6 heteroatoms. The number of ether oxygens (including phenoxy) is 1. The van der Waals surface area contributed by atoms with Crippen molar-refractivity contribution in [1.82, 2.24) is 5.32 Å². The Bertz CT molecular complexity index is 545. The molecule has 1 heterocycles. The number of hydrogen-bond acceptors (Lipinski definition) is 3. The summed E-state index contributed by atoms with van der Waals surface area (Å²) in [6.45, 7) is 3.94. The van der Waals surface area contributed by atoms with Gasteiger partial charge in [-0.2, -0.15) is 0 Å². The van der Waals surface area contributed by atoms with Crippen molar-refractivity contribution in [2.75, 3.05) is 20.2 Å². The summed E-state index contributed by atoms with van der Waals surface area (Å²) in [4.78, 5) is 24.8. The Balaban J connectivity index is 1.85. The van der Waals surface area contributed by atoms with Gasteiger partial charge >= 0.3 is 0 Å². The molecule has 0 bridgehead atoms. The topological polar surface area (TPSA) is 85.9 Å². The third kappa shape index (κ3) is 4.69. The fourth-order valence-electron chi connectivity index (χ4n) is 3.00. The molecule has 4 N–H and O–H groups in total. The lowest BCUT2D eigenvalue weighted by Crippen LogP contribution is -3.18. The molecule has 0 aliphatic carbocycles. The summed E-state index contributed by atoms with van der Waals surface area (Å²) >= 11 is 0. The maximum absolute atomic E-state index is 12.3. The molecule has 6 nitrogen and oxygen atoms in total. The van der Waals surface area contributed by atoms with Gasteiger partial charge in [0.05, 0.1) is 26.1 Å². The lowest BCUT2D eigenvalue weighted by Gasteiger charge is -2.31. The number of carbonyl (C=O) groups excluding carboxylic acids is 2. The largest absolute Gasteiger partial charge is 0.497 e. The number of nitrogens with two attached hydrogens (primary N) is 1. The smallest absolute Gasteiger partial charge is 0.278 e. The van der Waals surface area contributed by atoms with Gasteiger partial charge in [-0.1, -0.05) is 12.1 Å². The van der Waals surface area contributed by atoms with Crippen LogP contribution in [-0.4, -0.2) is 38.1 Å². The van der Waals surface area contributed by atoms with Gasteiger partial charge in [-0.05, 0) is 37.5 Å². The van der Waals surface area contributed by atoms with Gasteiger partial charge in [0, 0.05) is 6.54 Å². The van der Waals surface area contributed by atoms with Gasteiger partial charge in [-0.25, -0.2) is 0 Å². The first-order valence-corrected chi connectivity index (χ1v) is 8.05. The highest BCUT2D eigenvalue weighted by Crippen LogP contribution is 2.11. The van der Waals surface area contributed by atoms with E-state index in [2.05, 4.69) is 5.32 Å². The molecule has 0 saturated carbocycles. The van der Waals surface area contributed by atoms with E-state index in [1.807, 2.05) is 31.2 Å². The maximum Gasteiger partial charge on any atom is 0.278 e.